The second kappa shape index (κ2) is 3.99. The van der Waals surface area contributed by atoms with Crippen molar-refractivity contribution in [2.75, 3.05) is 0 Å². The second-order valence-electron chi connectivity index (χ2n) is 6.38. The normalized spacial score (nSPS) is 12.7. The number of fused-ring (bicyclic) bond motifs is 1. The van der Waals surface area contributed by atoms with Gasteiger partial charge in [-0.05, 0) is 35.5 Å². The van der Waals surface area contributed by atoms with Crippen LogP contribution in [0, 0.1) is 11.3 Å². The third-order valence-electron chi connectivity index (χ3n) is 4.26. The van der Waals surface area contributed by atoms with Gasteiger partial charge in [0, 0.05) is 10.9 Å². The Morgan fingerprint density at radius 3 is 2.39 bits per heavy atom. The van der Waals surface area contributed by atoms with Crippen LogP contribution in [0.4, 0.5) is 0 Å². The number of nitrogens with zero attached hydrogens (tertiary/aromatic N) is 2. The molecule has 0 aliphatic rings. The summed E-state index contributed by atoms with van der Waals surface area (Å²) in [5.41, 5.74) is 1.98. The van der Waals surface area contributed by atoms with Crippen LogP contribution in [-0.4, -0.2) is 12.5 Å². The van der Waals surface area contributed by atoms with Gasteiger partial charge in [0.25, 0.3) is 0 Å². The van der Waals surface area contributed by atoms with Gasteiger partial charge in [-0.3, -0.25) is 0 Å². The average Bonchev–Trinajstić information content (AvgIpc) is 2.70. The number of hydrogen-bond acceptors (Lipinski definition) is 1. The van der Waals surface area contributed by atoms with Crippen LogP contribution in [0.15, 0.2) is 30.5 Å². The maximum atomic E-state index is 8.94. The molecule has 0 saturated heterocycles. The molecule has 1 aromatic carbocycles. The monoisotopic (exact) mass is 256 g/mol. The third-order valence-corrected chi connectivity index (χ3v) is 9.52. The van der Waals surface area contributed by atoms with E-state index in [1.165, 1.54) is 10.9 Å². The Hall–Kier alpha value is -1.53. The molecular formula is C15H20N2Si. The van der Waals surface area contributed by atoms with E-state index < -0.39 is 8.24 Å². The van der Waals surface area contributed by atoms with Crippen molar-refractivity contribution < 1.29 is 0 Å². The fourth-order valence-corrected chi connectivity index (χ4v) is 4.04. The molecule has 2 aromatic rings. The molecule has 0 radical (unpaired) electrons. The van der Waals surface area contributed by atoms with Gasteiger partial charge in [-0.15, -0.1) is 0 Å². The van der Waals surface area contributed by atoms with Crippen LogP contribution in [0.1, 0.15) is 26.3 Å². The minimum atomic E-state index is -1.59. The molecule has 0 aliphatic carbocycles. The van der Waals surface area contributed by atoms with Gasteiger partial charge in [0.05, 0.1) is 11.6 Å². The van der Waals surface area contributed by atoms with Gasteiger partial charge in [-0.25, -0.2) is 0 Å². The highest BCUT2D eigenvalue weighted by molar-refractivity contribution is 6.79. The van der Waals surface area contributed by atoms with Crippen molar-refractivity contribution in [3.8, 4) is 6.07 Å². The van der Waals surface area contributed by atoms with E-state index in [0.717, 1.165) is 5.56 Å². The number of benzene rings is 1. The summed E-state index contributed by atoms with van der Waals surface area (Å²) in [6.45, 7) is 11.7. The Balaban J connectivity index is 2.65. The maximum Gasteiger partial charge on any atom is 0.161 e. The molecule has 0 saturated carbocycles. The van der Waals surface area contributed by atoms with Gasteiger partial charge in [0.1, 0.15) is 0 Å². The van der Waals surface area contributed by atoms with Crippen LogP contribution < -0.4 is 0 Å². The molecule has 1 aromatic heterocycles. The molecule has 2 nitrogen and oxygen atoms in total. The van der Waals surface area contributed by atoms with E-state index in [0.29, 0.717) is 5.04 Å². The van der Waals surface area contributed by atoms with E-state index in [1.807, 2.05) is 12.1 Å². The molecule has 0 bridgehead atoms. The molecule has 0 atom stereocenters. The van der Waals surface area contributed by atoms with Crippen LogP contribution >= 0.6 is 0 Å². The third kappa shape index (κ3) is 1.87. The van der Waals surface area contributed by atoms with Crippen LogP contribution in [-0.2, 0) is 0 Å². The van der Waals surface area contributed by atoms with Crippen LogP contribution in [0.5, 0.6) is 0 Å². The molecule has 0 spiro atoms. The molecule has 94 valence electrons. The standard InChI is InChI=1S/C15H20N2Si/c1-15(2,3)18(4,5)17-9-8-13-10-12(11-16)6-7-14(13)17/h6-10H,1-5H3. The SMILES string of the molecule is CC(C)(C)[Si](C)(C)n1ccc2cc(C#N)ccc21. The first-order chi connectivity index (χ1) is 8.27. The van der Waals surface area contributed by atoms with Crippen molar-refractivity contribution in [3.05, 3.63) is 36.0 Å². The summed E-state index contributed by atoms with van der Waals surface area (Å²) in [6, 6.07) is 10.3. The fourth-order valence-electron chi connectivity index (χ4n) is 2.06. The van der Waals surface area contributed by atoms with Crippen LogP contribution in [0.3, 0.4) is 0 Å². The molecule has 0 unspecified atom stereocenters. The quantitative estimate of drug-likeness (QED) is 0.697. The van der Waals surface area contributed by atoms with E-state index in [9.17, 15) is 0 Å². The topological polar surface area (TPSA) is 28.7 Å². The Bertz CT molecular complexity index is 624. The largest absolute Gasteiger partial charge is 0.374 e. The lowest BCUT2D eigenvalue weighted by Gasteiger charge is -2.38. The van der Waals surface area contributed by atoms with Crippen LogP contribution in [0.25, 0.3) is 10.9 Å². The average molecular weight is 256 g/mol. The van der Waals surface area contributed by atoms with Crippen molar-refractivity contribution in [2.45, 2.75) is 38.9 Å². The zero-order valence-corrected chi connectivity index (χ0v) is 12.8. The fraction of sp³-hybridized carbons (Fsp3) is 0.400. The second-order valence-corrected chi connectivity index (χ2v) is 11.5. The number of nitriles is 1. The van der Waals surface area contributed by atoms with Gasteiger partial charge in [0.2, 0.25) is 0 Å². The Kier molecular flexibility index (Phi) is 2.87. The lowest BCUT2D eigenvalue weighted by atomic mass is 10.2. The number of aromatic nitrogens is 1. The van der Waals surface area contributed by atoms with Gasteiger partial charge in [-0.2, -0.15) is 5.26 Å². The van der Waals surface area contributed by atoms with Crippen molar-refractivity contribution in [1.29, 1.82) is 5.26 Å². The zero-order valence-electron chi connectivity index (χ0n) is 11.8. The zero-order chi connectivity index (χ0) is 13.6. The summed E-state index contributed by atoms with van der Waals surface area (Å²) in [4.78, 5) is 0. The van der Waals surface area contributed by atoms with E-state index in [-0.39, 0.29) is 0 Å². The van der Waals surface area contributed by atoms with Crippen molar-refractivity contribution in [2.24, 2.45) is 0 Å². The first-order valence-corrected chi connectivity index (χ1v) is 9.24. The minimum Gasteiger partial charge on any atom is -0.374 e. The molecule has 0 aliphatic heterocycles. The highest BCUT2D eigenvalue weighted by Gasteiger charge is 2.37. The molecule has 18 heavy (non-hydrogen) atoms. The van der Waals surface area contributed by atoms with Crippen molar-refractivity contribution in [3.63, 3.8) is 0 Å². The lowest BCUT2D eigenvalue weighted by molar-refractivity contribution is 0.703. The molecule has 2 rings (SSSR count). The number of hydrogen-bond donors (Lipinski definition) is 0. The summed E-state index contributed by atoms with van der Waals surface area (Å²) in [6.07, 6.45) is 2.18. The maximum absolute atomic E-state index is 8.94. The molecule has 1 heterocycles. The van der Waals surface area contributed by atoms with E-state index in [4.69, 9.17) is 5.26 Å². The highest BCUT2D eigenvalue weighted by Crippen LogP contribution is 2.38. The summed E-state index contributed by atoms with van der Waals surface area (Å²) >= 11 is 0. The summed E-state index contributed by atoms with van der Waals surface area (Å²) in [5, 5.41) is 10.4. The van der Waals surface area contributed by atoms with Crippen molar-refractivity contribution in [1.82, 2.24) is 4.23 Å². The summed E-state index contributed by atoms with van der Waals surface area (Å²) in [7, 11) is -1.59. The first kappa shape index (κ1) is 12.9. The Morgan fingerprint density at radius 1 is 1.17 bits per heavy atom. The molecule has 0 fully saturated rings. The van der Waals surface area contributed by atoms with E-state index >= 15 is 0 Å². The predicted octanol–water partition coefficient (Wildman–Crippen LogP) is 4.37. The predicted molar refractivity (Wildman–Crippen MR) is 79.2 cm³/mol. The van der Waals surface area contributed by atoms with Gasteiger partial charge < -0.3 is 4.23 Å². The first-order valence-electron chi connectivity index (χ1n) is 6.29. The van der Waals surface area contributed by atoms with Crippen LogP contribution in [0.2, 0.25) is 18.1 Å². The lowest BCUT2D eigenvalue weighted by Crippen LogP contribution is -2.44. The van der Waals surface area contributed by atoms with E-state index in [2.05, 4.69) is 62.5 Å². The summed E-state index contributed by atoms with van der Waals surface area (Å²) in [5.74, 6) is 0. The molecule has 0 N–H and O–H groups in total. The van der Waals surface area contributed by atoms with Gasteiger partial charge in [-0.1, -0.05) is 33.9 Å². The van der Waals surface area contributed by atoms with Crippen molar-refractivity contribution >= 4 is 19.1 Å². The van der Waals surface area contributed by atoms with Gasteiger partial charge in [0.15, 0.2) is 8.24 Å². The number of rotatable bonds is 1. The highest BCUT2D eigenvalue weighted by atomic mass is 28.3. The Morgan fingerprint density at radius 2 is 1.83 bits per heavy atom. The van der Waals surface area contributed by atoms with Gasteiger partial charge >= 0.3 is 0 Å². The minimum absolute atomic E-state index is 0.298. The molecule has 3 heteroatoms. The molecular weight excluding hydrogens is 236 g/mol. The smallest absolute Gasteiger partial charge is 0.161 e. The van der Waals surface area contributed by atoms with E-state index in [1.54, 1.807) is 0 Å². The molecule has 0 amide bonds. The Labute approximate surface area is 110 Å². The summed E-state index contributed by atoms with van der Waals surface area (Å²) < 4.78 is 2.45.